The van der Waals surface area contributed by atoms with Crippen molar-refractivity contribution in [3.8, 4) is 0 Å². The number of aromatic nitrogens is 2. The fourth-order valence-corrected chi connectivity index (χ4v) is 1.47. The lowest BCUT2D eigenvalue weighted by Crippen LogP contribution is -2.19. The molecule has 0 spiro atoms. The molecule has 0 saturated heterocycles. The van der Waals surface area contributed by atoms with Crippen LogP contribution in [0.25, 0.3) is 0 Å². The van der Waals surface area contributed by atoms with Gasteiger partial charge >= 0.3 is 0 Å². The van der Waals surface area contributed by atoms with Crippen LogP contribution in [0.4, 0.5) is 0 Å². The van der Waals surface area contributed by atoms with Gasteiger partial charge in [-0.1, -0.05) is 6.92 Å². The molecule has 0 amide bonds. The first kappa shape index (κ1) is 6.77. The maximum atomic E-state index is 4.27. The van der Waals surface area contributed by atoms with Crippen LogP contribution in [0.15, 0.2) is 18.6 Å². The molecule has 1 aromatic heterocycles. The second-order valence-electron chi connectivity index (χ2n) is 3.07. The molecule has 2 nitrogen and oxygen atoms in total. The van der Waals surface area contributed by atoms with E-state index in [0.29, 0.717) is 5.92 Å². The largest absolute Gasteiger partial charge is 0.261 e. The third-order valence-corrected chi connectivity index (χ3v) is 2.36. The van der Waals surface area contributed by atoms with Gasteiger partial charge in [0.15, 0.2) is 0 Å². The SMILES string of the molecule is C[C]1CCC1c1cnccn1. The zero-order valence-electron chi connectivity index (χ0n) is 6.62. The molecule has 1 radical (unpaired) electrons. The van der Waals surface area contributed by atoms with Crippen molar-refractivity contribution in [1.82, 2.24) is 9.97 Å². The summed E-state index contributed by atoms with van der Waals surface area (Å²) in [5.74, 6) is 2.15. The van der Waals surface area contributed by atoms with Crippen LogP contribution >= 0.6 is 0 Å². The molecule has 1 saturated carbocycles. The summed E-state index contributed by atoms with van der Waals surface area (Å²) < 4.78 is 0. The van der Waals surface area contributed by atoms with Crippen LogP contribution in [0.3, 0.4) is 0 Å². The van der Waals surface area contributed by atoms with E-state index in [-0.39, 0.29) is 0 Å². The average molecular weight is 147 g/mol. The summed E-state index contributed by atoms with van der Waals surface area (Å²) in [6.45, 7) is 2.20. The van der Waals surface area contributed by atoms with Gasteiger partial charge < -0.3 is 0 Å². The lowest BCUT2D eigenvalue weighted by molar-refractivity contribution is 0.461. The van der Waals surface area contributed by atoms with E-state index in [4.69, 9.17) is 0 Å². The summed E-state index contributed by atoms with van der Waals surface area (Å²) in [6.07, 6.45) is 7.87. The van der Waals surface area contributed by atoms with E-state index >= 15 is 0 Å². The number of hydrogen-bond donors (Lipinski definition) is 0. The molecule has 0 N–H and O–H groups in total. The van der Waals surface area contributed by atoms with E-state index in [1.165, 1.54) is 12.8 Å². The maximum absolute atomic E-state index is 4.27. The topological polar surface area (TPSA) is 25.8 Å². The Balaban J connectivity index is 2.17. The van der Waals surface area contributed by atoms with E-state index in [2.05, 4.69) is 16.9 Å². The highest BCUT2D eigenvalue weighted by Crippen LogP contribution is 2.42. The van der Waals surface area contributed by atoms with E-state index < -0.39 is 0 Å². The zero-order valence-corrected chi connectivity index (χ0v) is 6.62. The van der Waals surface area contributed by atoms with Crippen molar-refractivity contribution in [3.05, 3.63) is 30.2 Å². The summed E-state index contributed by atoms with van der Waals surface area (Å²) in [5, 5.41) is 0. The van der Waals surface area contributed by atoms with Crippen molar-refractivity contribution >= 4 is 0 Å². The smallest absolute Gasteiger partial charge is 0.0623 e. The zero-order chi connectivity index (χ0) is 7.68. The van der Waals surface area contributed by atoms with Crippen molar-refractivity contribution < 1.29 is 0 Å². The highest BCUT2D eigenvalue weighted by atomic mass is 14.8. The molecule has 1 heterocycles. The van der Waals surface area contributed by atoms with Gasteiger partial charge in [-0.3, -0.25) is 9.97 Å². The predicted molar refractivity (Wildman–Crippen MR) is 42.9 cm³/mol. The molecule has 1 atom stereocenters. The van der Waals surface area contributed by atoms with Gasteiger partial charge in [0, 0.05) is 24.5 Å². The van der Waals surface area contributed by atoms with E-state index in [9.17, 15) is 0 Å². The van der Waals surface area contributed by atoms with Crippen molar-refractivity contribution in [2.45, 2.75) is 25.7 Å². The van der Waals surface area contributed by atoms with Crippen LogP contribution < -0.4 is 0 Å². The van der Waals surface area contributed by atoms with Crippen LogP contribution in [0, 0.1) is 5.92 Å². The molecule has 11 heavy (non-hydrogen) atoms. The normalized spacial score (nSPS) is 24.6. The van der Waals surface area contributed by atoms with Crippen molar-refractivity contribution in [3.63, 3.8) is 0 Å². The monoisotopic (exact) mass is 147 g/mol. The second-order valence-corrected chi connectivity index (χ2v) is 3.07. The highest BCUT2D eigenvalue weighted by Gasteiger charge is 2.29. The van der Waals surface area contributed by atoms with Crippen LogP contribution in [0.1, 0.15) is 31.4 Å². The van der Waals surface area contributed by atoms with Crippen molar-refractivity contribution in [2.24, 2.45) is 0 Å². The van der Waals surface area contributed by atoms with E-state index in [1.54, 1.807) is 18.3 Å². The van der Waals surface area contributed by atoms with Gasteiger partial charge in [-0.25, -0.2) is 0 Å². The molecule has 57 valence electrons. The third-order valence-electron chi connectivity index (χ3n) is 2.36. The molecule has 1 aliphatic carbocycles. The minimum Gasteiger partial charge on any atom is -0.261 e. The fraction of sp³-hybridized carbons (Fsp3) is 0.444. The van der Waals surface area contributed by atoms with Gasteiger partial charge in [0.05, 0.1) is 5.69 Å². The van der Waals surface area contributed by atoms with Crippen LogP contribution in [0.2, 0.25) is 0 Å². The summed E-state index contributed by atoms with van der Waals surface area (Å²) in [7, 11) is 0. The third kappa shape index (κ3) is 1.13. The lowest BCUT2D eigenvalue weighted by Gasteiger charge is -2.32. The standard InChI is InChI=1S/C9H11N2/c1-7-2-3-8(7)9-6-10-4-5-11-9/h4-6,8H,2-3H2,1H3. The number of rotatable bonds is 1. The Bertz CT molecular complexity index is 233. The maximum Gasteiger partial charge on any atom is 0.0623 e. The van der Waals surface area contributed by atoms with Gasteiger partial charge in [-0.05, 0) is 18.8 Å². The summed E-state index contributed by atoms with van der Waals surface area (Å²) in [6, 6.07) is 0. The molecular weight excluding hydrogens is 136 g/mol. The fourth-order valence-electron chi connectivity index (χ4n) is 1.47. The molecule has 1 aliphatic rings. The molecule has 0 aliphatic heterocycles. The van der Waals surface area contributed by atoms with E-state index in [1.807, 2.05) is 6.20 Å². The van der Waals surface area contributed by atoms with Gasteiger partial charge in [-0.2, -0.15) is 0 Å². The van der Waals surface area contributed by atoms with Crippen LogP contribution in [-0.4, -0.2) is 9.97 Å². The van der Waals surface area contributed by atoms with Gasteiger partial charge in [0.1, 0.15) is 0 Å². The first-order valence-corrected chi connectivity index (χ1v) is 3.96. The first-order valence-electron chi connectivity index (χ1n) is 3.96. The van der Waals surface area contributed by atoms with Crippen molar-refractivity contribution in [1.29, 1.82) is 0 Å². The van der Waals surface area contributed by atoms with Crippen molar-refractivity contribution in [2.75, 3.05) is 0 Å². The van der Waals surface area contributed by atoms with Crippen LogP contribution in [-0.2, 0) is 0 Å². The average Bonchev–Trinajstić information content (AvgIpc) is 2.04. The molecular formula is C9H11N2. The quantitative estimate of drug-likeness (QED) is 0.606. The first-order chi connectivity index (χ1) is 5.38. The molecule has 0 aromatic carbocycles. The molecule has 1 unspecified atom stereocenters. The second kappa shape index (κ2) is 2.61. The molecule has 2 heteroatoms. The Morgan fingerprint density at radius 2 is 2.36 bits per heavy atom. The number of nitrogens with zero attached hydrogens (tertiary/aromatic N) is 2. The Morgan fingerprint density at radius 1 is 1.45 bits per heavy atom. The number of hydrogen-bond acceptors (Lipinski definition) is 2. The van der Waals surface area contributed by atoms with Gasteiger partial charge in [0.2, 0.25) is 0 Å². The molecule has 0 bridgehead atoms. The Labute approximate surface area is 66.7 Å². The summed E-state index contributed by atoms with van der Waals surface area (Å²) >= 11 is 0. The minimum atomic E-state index is 0.601. The Morgan fingerprint density at radius 3 is 2.82 bits per heavy atom. The predicted octanol–water partition coefficient (Wildman–Crippen LogP) is 1.95. The van der Waals surface area contributed by atoms with Gasteiger partial charge in [-0.15, -0.1) is 0 Å². The minimum absolute atomic E-state index is 0.601. The Kier molecular flexibility index (Phi) is 1.60. The lowest BCUT2D eigenvalue weighted by atomic mass is 9.73. The van der Waals surface area contributed by atoms with Gasteiger partial charge in [0.25, 0.3) is 0 Å². The highest BCUT2D eigenvalue weighted by molar-refractivity contribution is 5.20. The Hall–Kier alpha value is -0.920. The molecule has 2 rings (SSSR count). The van der Waals surface area contributed by atoms with Crippen LogP contribution in [0.5, 0.6) is 0 Å². The molecule has 1 aromatic rings. The molecule has 1 fully saturated rings. The summed E-state index contributed by atoms with van der Waals surface area (Å²) in [5.41, 5.74) is 1.14. The summed E-state index contributed by atoms with van der Waals surface area (Å²) in [4.78, 5) is 8.31. The van der Waals surface area contributed by atoms with E-state index in [0.717, 1.165) is 5.69 Å².